The number of carbonyl (C=O) groups excluding carboxylic acids is 1. The molecule has 0 aliphatic heterocycles. The summed E-state index contributed by atoms with van der Waals surface area (Å²) in [7, 11) is 0. The average molecular weight is 322 g/mol. The number of hydrogen-bond acceptors (Lipinski definition) is 3. The quantitative estimate of drug-likeness (QED) is 0.653. The highest BCUT2D eigenvalue weighted by Crippen LogP contribution is 2.22. The van der Waals surface area contributed by atoms with Gasteiger partial charge in [0.2, 0.25) is 5.17 Å². The lowest BCUT2D eigenvalue weighted by Crippen LogP contribution is -2.19. The van der Waals surface area contributed by atoms with E-state index in [-0.39, 0.29) is 5.17 Å². The van der Waals surface area contributed by atoms with Crippen LogP contribution in [-0.2, 0) is 4.79 Å². The number of nitrogens with zero attached hydrogens (tertiary/aromatic N) is 1. The Balaban J connectivity index is 2.02. The second-order valence-electron chi connectivity index (χ2n) is 4.32. The van der Waals surface area contributed by atoms with Crippen molar-refractivity contribution in [2.45, 2.75) is 6.92 Å². The van der Waals surface area contributed by atoms with Crippen LogP contribution in [0.2, 0.25) is 5.02 Å². The smallest absolute Gasteiger partial charge is 0.287 e. The number of rotatable bonds is 4. The fourth-order valence-corrected chi connectivity index (χ4v) is 1.94. The number of benzene rings is 2. The summed E-state index contributed by atoms with van der Waals surface area (Å²) in [6.07, 6.45) is 0. The van der Waals surface area contributed by atoms with E-state index in [9.17, 15) is 4.79 Å². The minimum Gasteiger partial charge on any atom is -0.320 e. The van der Waals surface area contributed by atoms with Gasteiger partial charge in [-0.1, -0.05) is 47.5 Å². The van der Waals surface area contributed by atoms with E-state index in [0.717, 1.165) is 5.56 Å². The van der Waals surface area contributed by atoms with E-state index in [0.29, 0.717) is 16.4 Å². The molecule has 108 valence electrons. The zero-order valence-electron chi connectivity index (χ0n) is 11.2. The van der Waals surface area contributed by atoms with Gasteiger partial charge in [-0.15, -0.1) is 0 Å². The molecule has 2 N–H and O–H groups in total. The second-order valence-corrected chi connectivity index (χ2v) is 5.08. The average Bonchev–Trinajstić information content (AvgIpc) is 2.47. The Hall–Kier alpha value is -2.04. The third kappa shape index (κ3) is 4.48. The molecular formula is C15H13Cl2N3O. The van der Waals surface area contributed by atoms with E-state index in [1.54, 1.807) is 24.3 Å². The van der Waals surface area contributed by atoms with Gasteiger partial charge in [-0.05, 0) is 36.8 Å². The largest absolute Gasteiger partial charge is 0.320 e. The monoisotopic (exact) mass is 321 g/mol. The maximum Gasteiger partial charge on any atom is 0.287 e. The van der Waals surface area contributed by atoms with Gasteiger partial charge in [-0.25, -0.2) is 0 Å². The Bertz CT molecular complexity index is 672. The van der Waals surface area contributed by atoms with Gasteiger partial charge in [0.1, 0.15) is 0 Å². The van der Waals surface area contributed by atoms with E-state index >= 15 is 0 Å². The van der Waals surface area contributed by atoms with Crippen LogP contribution in [0.1, 0.15) is 5.56 Å². The van der Waals surface area contributed by atoms with Crippen LogP contribution in [0, 0.1) is 6.92 Å². The minimum atomic E-state index is -0.501. The Morgan fingerprint density at radius 1 is 1.14 bits per heavy atom. The molecule has 0 atom stereocenters. The molecule has 0 heterocycles. The topological polar surface area (TPSA) is 53.5 Å². The third-order valence-corrected chi connectivity index (χ3v) is 3.19. The summed E-state index contributed by atoms with van der Waals surface area (Å²) >= 11 is 11.9. The van der Waals surface area contributed by atoms with Crippen LogP contribution in [0.3, 0.4) is 0 Å². The van der Waals surface area contributed by atoms with Crippen LogP contribution in [-0.4, -0.2) is 11.1 Å². The van der Waals surface area contributed by atoms with Gasteiger partial charge in [0, 0.05) is 5.69 Å². The molecule has 0 unspecified atom stereocenters. The number of halogens is 2. The van der Waals surface area contributed by atoms with E-state index in [4.69, 9.17) is 23.2 Å². The number of nitrogens with one attached hydrogen (secondary N) is 2. The summed E-state index contributed by atoms with van der Waals surface area (Å²) in [5.41, 5.74) is 4.92. The molecule has 0 saturated carbocycles. The maximum atomic E-state index is 11.8. The summed E-state index contributed by atoms with van der Waals surface area (Å²) in [6.45, 7) is 1.93. The highest BCUT2D eigenvalue weighted by Gasteiger charge is 2.09. The summed E-state index contributed by atoms with van der Waals surface area (Å²) in [5, 5.41) is 6.74. The van der Waals surface area contributed by atoms with Crippen LogP contribution >= 0.6 is 23.2 Å². The van der Waals surface area contributed by atoms with Crippen molar-refractivity contribution in [2.75, 3.05) is 10.7 Å². The van der Waals surface area contributed by atoms with Crippen LogP contribution in [0.25, 0.3) is 0 Å². The van der Waals surface area contributed by atoms with Crippen molar-refractivity contribution in [1.82, 2.24) is 0 Å². The Morgan fingerprint density at radius 2 is 1.86 bits per heavy atom. The predicted molar refractivity (Wildman–Crippen MR) is 88.2 cm³/mol. The molecule has 0 fully saturated rings. The minimum absolute atomic E-state index is 0.213. The highest BCUT2D eigenvalue weighted by atomic mass is 35.5. The van der Waals surface area contributed by atoms with Gasteiger partial charge in [-0.3, -0.25) is 10.2 Å². The fraction of sp³-hybridized carbons (Fsp3) is 0.0667. The predicted octanol–water partition coefficient (Wildman–Crippen LogP) is 4.25. The summed E-state index contributed by atoms with van der Waals surface area (Å²) in [4.78, 5) is 11.8. The van der Waals surface area contributed by atoms with Crippen LogP contribution < -0.4 is 10.7 Å². The van der Waals surface area contributed by atoms with Crippen molar-refractivity contribution in [3.8, 4) is 0 Å². The molecule has 0 saturated heterocycles. The Morgan fingerprint density at radius 3 is 2.52 bits per heavy atom. The first-order valence-electron chi connectivity index (χ1n) is 6.18. The summed E-state index contributed by atoms with van der Waals surface area (Å²) in [5.74, 6) is -0.501. The van der Waals surface area contributed by atoms with E-state index in [1.807, 2.05) is 31.2 Å². The van der Waals surface area contributed by atoms with Crippen molar-refractivity contribution in [1.29, 1.82) is 0 Å². The van der Waals surface area contributed by atoms with Crippen molar-refractivity contribution in [3.63, 3.8) is 0 Å². The van der Waals surface area contributed by atoms with Crippen molar-refractivity contribution >= 4 is 45.7 Å². The molecule has 1 amide bonds. The van der Waals surface area contributed by atoms with Gasteiger partial charge in [0.05, 0.1) is 10.7 Å². The van der Waals surface area contributed by atoms with Crippen molar-refractivity contribution < 1.29 is 4.79 Å². The van der Waals surface area contributed by atoms with Crippen molar-refractivity contribution in [3.05, 3.63) is 59.1 Å². The summed E-state index contributed by atoms with van der Waals surface area (Å²) < 4.78 is 0. The lowest BCUT2D eigenvalue weighted by Gasteiger charge is -2.06. The number of carbonyl (C=O) groups is 1. The van der Waals surface area contributed by atoms with Gasteiger partial charge < -0.3 is 5.32 Å². The molecule has 2 aromatic carbocycles. The lowest BCUT2D eigenvalue weighted by molar-refractivity contribution is -0.110. The number of hydrazone groups is 1. The zero-order chi connectivity index (χ0) is 15.2. The Kier molecular flexibility index (Phi) is 5.20. The van der Waals surface area contributed by atoms with Gasteiger partial charge in [-0.2, -0.15) is 5.10 Å². The third-order valence-electron chi connectivity index (χ3n) is 2.62. The molecule has 0 radical (unpaired) electrons. The van der Waals surface area contributed by atoms with Gasteiger partial charge in [0.15, 0.2) is 0 Å². The molecule has 4 nitrogen and oxygen atoms in total. The van der Waals surface area contributed by atoms with Crippen molar-refractivity contribution in [2.24, 2.45) is 5.10 Å². The highest BCUT2D eigenvalue weighted by molar-refractivity contribution is 6.84. The van der Waals surface area contributed by atoms with Gasteiger partial charge in [0.25, 0.3) is 5.91 Å². The molecule has 0 bridgehead atoms. The molecule has 0 aromatic heterocycles. The number of hydrogen-bond donors (Lipinski definition) is 2. The van der Waals surface area contributed by atoms with Crippen LogP contribution in [0.15, 0.2) is 53.6 Å². The first-order chi connectivity index (χ1) is 10.1. The van der Waals surface area contributed by atoms with E-state index in [1.165, 1.54) is 0 Å². The fourth-order valence-electron chi connectivity index (χ4n) is 1.58. The van der Waals surface area contributed by atoms with Crippen LogP contribution in [0.4, 0.5) is 11.4 Å². The zero-order valence-corrected chi connectivity index (χ0v) is 12.7. The lowest BCUT2D eigenvalue weighted by atomic mass is 10.2. The number of aryl methyl sites for hydroxylation is 1. The Labute approximate surface area is 132 Å². The molecule has 0 aliphatic carbocycles. The SMILES string of the molecule is Cc1ccc(N/N=C(\Cl)C(=O)Nc2ccccc2)c(Cl)c1. The molecule has 6 heteroatoms. The van der Waals surface area contributed by atoms with E-state index in [2.05, 4.69) is 15.8 Å². The maximum absolute atomic E-state index is 11.8. The summed E-state index contributed by atoms with van der Waals surface area (Å²) in [6, 6.07) is 14.4. The number of amides is 1. The standard InChI is InChI=1S/C15H13Cl2N3O/c1-10-7-8-13(12(16)9-10)19-20-14(17)15(21)18-11-5-3-2-4-6-11/h2-9,19H,1H3,(H,18,21)/b20-14-. The molecule has 2 aromatic rings. The van der Waals surface area contributed by atoms with Gasteiger partial charge >= 0.3 is 0 Å². The number of anilines is 2. The molecule has 2 rings (SSSR count). The van der Waals surface area contributed by atoms with Crippen LogP contribution in [0.5, 0.6) is 0 Å². The molecule has 0 aliphatic rings. The molecule has 21 heavy (non-hydrogen) atoms. The van der Waals surface area contributed by atoms with E-state index < -0.39 is 5.91 Å². The molecule has 0 spiro atoms. The molecular weight excluding hydrogens is 309 g/mol. The normalized spacial score (nSPS) is 11.1. The second kappa shape index (κ2) is 7.11. The first-order valence-corrected chi connectivity index (χ1v) is 6.93. The number of para-hydroxylation sites is 1. The first kappa shape index (κ1) is 15.4.